The molecule has 1 saturated carbocycles. The van der Waals surface area contributed by atoms with Crippen LogP contribution in [-0.4, -0.2) is 39.4 Å². The number of nitrogens with zero attached hydrogens (tertiary/aromatic N) is 2. The highest BCUT2D eigenvalue weighted by Gasteiger charge is 2.40. The molecule has 2 aromatic rings. The lowest BCUT2D eigenvalue weighted by atomic mass is 9.74. The summed E-state index contributed by atoms with van der Waals surface area (Å²) in [7, 11) is 1.60. The van der Waals surface area contributed by atoms with E-state index < -0.39 is 11.5 Å². The Morgan fingerprint density at radius 1 is 1.32 bits per heavy atom. The topological polar surface area (TPSA) is 93.5 Å². The third-order valence-electron chi connectivity index (χ3n) is 4.62. The summed E-state index contributed by atoms with van der Waals surface area (Å²) in [4.78, 5) is 23.6. The van der Waals surface area contributed by atoms with Crippen LogP contribution in [0.5, 0.6) is 5.75 Å². The summed E-state index contributed by atoms with van der Waals surface area (Å²) in [5, 5.41) is 16.3. The zero-order valence-corrected chi connectivity index (χ0v) is 14.3. The Kier molecular flexibility index (Phi) is 4.48. The molecule has 0 bridgehead atoms. The van der Waals surface area contributed by atoms with Crippen molar-refractivity contribution in [2.75, 3.05) is 7.11 Å². The Morgan fingerprint density at radius 2 is 2.00 bits per heavy atom. The van der Waals surface area contributed by atoms with Gasteiger partial charge in [0, 0.05) is 5.69 Å². The van der Waals surface area contributed by atoms with E-state index >= 15 is 0 Å². The summed E-state index contributed by atoms with van der Waals surface area (Å²) in [6, 6.07) is 9.07. The van der Waals surface area contributed by atoms with Gasteiger partial charge in [0.05, 0.1) is 24.8 Å². The number of ether oxygens (including phenoxy) is 1. The fourth-order valence-electron chi connectivity index (χ4n) is 3.11. The van der Waals surface area contributed by atoms with Crippen LogP contribution in [0.25, 0.3) is 5.69 Å². The SMILES string of the molecule is COc1ccc(-n2nc(C(=O)NC3(CC(=O)O)CCC3)cc2C)cc1. The lowest BCUT2D eigenvalue weighted by Gasteiger charge is -2.41. The predicted molar refractivity (Wildman–Crippen MR) is 91.2 cm³/mol. The second-order valence-corrected chi connectivity index (χ2v) is 6.44. The Balaban J connectivity index is 1.79. The summed E-state index contributed by atoms with van der Waals surface area (Å²) in [5.41, 5.74) is 1.28. The molecule has 132 valence electrons. The van der Waals surface area contributed by atoms with E-state index in [0.29, 0.717) is 12.8 Å². The molecule has 1 aromatic carbocycles. The molecule has 0 spiro atoms. The smallest absolute Gasteiger partial charge is 0.305 e. The van der Waals surface area contributed by atoms with Crippen LogP contribution < -0.4 is 10.1 Å². The number of carboxylic acids is 1. The number of benzene rings is 1. The standard InChI is InChI=1S/C18H21N3O4/c1-12-10-15(17(24)19-18(8-3-9-18)11-16(22)23)20-21(12)13-4-6-14(25-2)7-5-13/h4-7,10H,3,8-9,11H2,1-2H3,(H,19,24)(H,22,23). The summed E-state index contributed by atoms with van der Waals surface area (Å²) in [6.45, 7) is 1.87. The van der Waals surface area contributed by atoms with E-state index in [1.807, 2.05) is 31.2 Å². The molecule has 3 rings (SSSR count). The number of hydrogen-bond donors (Lipinski definition) is 2. The maximum atomic E-state index is 12.5. The van der Waals surface area contributed by atoms with Crippen molar-refractivity contribution in [3.8, 4) is 11.4 Å². The minimum atomic E-state index is -0.903. The number of carbonyl (C=O) groups excluding carboxylic acids is 1. The van der Waals surface area contributed by atoms with Crippen molar-refractivity contribution < 1.29 is 19.4 Å². The second-order valence-electron chi connectivity index (χ2n) is 6.44. The van der Waals surface area contributed by atoms with Gasteiger partial charge in [0.1, 0.15) is 5.75 Å². The van der Waals surface area contributed by atoms with Gasteiger partial charge in [0.2, 0.25) is 0 Å². The van der Waals surface area contributed by atoms with E-state index in [0.717, 1.165) is 23.6 Å². The largest absolute Gasteiger partial charge is 0.497 e. The second kappa shape index (κ2) is 6.58. The van der Waals surface area contributed by atoms with Crippen LogP contribution in [0.4, 0.5) is 0 Å². The van der Waals surface area contributed by atoms with Gasteiger partial charge < -0.3 is 15.2 Å². The molecular formula is C18H21N3O4. The third kappa shape index (κ3) is 3.50. The Morgan fingerprint density at radius 3 is 2.52 bits per heavy atom. The molecule has 1 fully saturated rings. The van der Waals surface area contributed by atoms with E-state index in [1.165, 1.54) is 0 Å². The number of aromatic nitrogens is 2. The molecule has 0 unspecified atom stereocenters. The number of methoxy groups -OCH3 is 1. The van der Waals surface area contributed by atoms with E-state index in [-0.39, 0.29) is 18.0 Å². The highest BCUT2D eigenvalue weighted by molar-refractivity contribution is 5.93. The van der Waals surface area contributed by atoms with Crippen molar-refractivity contribution in [1.29, 1.82) is 0 Å². The molecule has 1 amide bonds. The van der Waals surface area contributed by atoms with Crippen molar-refractivity contribution in [3.63, 3.8) is 0 Å². The number of aliphatic carboxylic acids is 1. The summed E-state index contributed by atoms with van der Waals surface area (Å²) >= 11 is 0. The number of rotatable bonds is 6. The Hall–Kier alpha value is -2.83. The molecule has 1 aliphatic rings. The van der Waals surface area contributed by atoms with Gasteiger partial charge in [-0.1, -0.05) is 0 Å². The monoisotopic (exact) mass is 343 g/mol. The lowest BCUT2D eigenvalue weighted by molar-refractivity contribution is -0.139. The number of carboxylic acid groups (broad SMARTS) is 1. The van der Waals surface area contributed by atoms with Crippen molar-refractivity contribution in [2.24, 2.45) is 0 Å². The van der Waals surface area contributed by atoms with Crippen LogP contribution >= 0.6 is 0 Å². The van der Waals surface area contributed by atoms with Gasteiger partial charge in [0.25, 0.3) is 5.91 Å². The fourth-order valence-corrected chi connectivity index (χ4v) is 3.11. The predicted octanol–water partition coefficient (Wildman–Crippen LogP) is 2.32. The van der Waals surface area contributed by atoms with Crippen molar-refractivity contribution in [3.05, 3.63) is 41.7 Å². The lowest BCUT2D eigenvalue weighted by Crippen LogP contribution is -2.54. The molecular weight excluding hydrogens is 322 g/mol. The molecule has 0 radical (unpaired) electrons. The minimum absolute atomic E-state index is 0.0586. The molecule has 7 nitrogen and oxygen atoms in total. The summed E-state index contributed by atoms with van der Waals surface area (Å²) in [5.74, 6) is -0.497. The minimum Gasteiger partial charge on any atom is -0.497 e. The maximum absolute atomic E-state index is 12.5. The van der Waals surface area contributed by atoms with Crippen molar-refractivity contribution >= 4 is 11.9 Å². The molecule has 0 aliphatic heterocycles. The summed E-state index contributed by atoms with van der Waals surface area (Å²) in [6.07, 6.45) is 2.23. The molecule has 0 atom stereocenters. The normalized spacial score (nSPS) is 15.3. The first kappa shape index (κ1) is 17.0. The van der Waals surface area contributed by atoms with Crippen LogP contribution in [0, 0.1) is 6.92 Å². The Labute approximate surface area is 145 Å². The van der Waals surface area contributed by atoms with E-state index in [9.17, 15) is 9.59 Å². The van der Waals surface area contributed by atoms with Crippen LogP contribution in [0.2, 0.25) is 0 Å². The molecule has 7 heteroatoms. The highest BCUT2D eigenvalue weighted by Crippen LogP contribution is 2.35. The van der Waals surface area contributed by atoms with Crippen LogP contribution in [-0.2, 0) is 4.79 Å². The van der Waals surface area contributed by atoms with E-state index in [2.05, 4.69) is 10.4 Å². The zero-order chi connectivity index (χ0) is 18.0. The zero-order valence-electron chi connectivity index (χ0n) is 14.3. The van der Waals surface area contributed by atoms with E-state index in [4.69, 9.17) is 9.84 Å². The first-order chi connectivity index (χ1) is 11.9. The summed E-state index contributed by atoms with van der Waals surface area (Å²) < 4.78 is 6.82. The number of amides is 1. The molecule has 1 heterocycles. The van der Waals surface area contributed by atoms with Gasteiger partial charge >= 0.3 is 5.97 Å². The van der Waals surface area contributed by atoms with Gasteiger partial charge in [-0.05, 0) is 56.5 Å². The van der Waals surface area contributed by atoms with Crippen LogP contribution in [0.1, 0.15) is 41.9 Å². The number of nitrogens with one attached hydrogen (secondary N) is 1. The maximum Gasteiger partial charge on any atom is 0.305 e. The van der Waals surface area contributed by atoms with Gasteiger partial charge in [-0.2, -0.15) is 5.10 Å². The van der Waals surface area contributed by atoms with Crippen LogP contribution in [0.15, 0.2) is 30.3 Å². The quantitative estimate of drug-likeness (QED) is 0.839. The van der Waals surface area contributed by atoms with Gasteiger partial charge in [0.15, 0.2) is 5.69 Å². The first-order valence-corrected chi connectivity index (χ1v) is 8.18. The fraction of sp³-hybridized carbons (Fsp3) is 0.389. The van der Waals surface area contributed by atoms with E-state index in [1.54, 1.807) is 17.9 Å². The average Bonchev–Trinajstić information content (AvgIpc) is 2.94. The first-order valence-electron chi connectivity index (χ1n) is 8.18. The van der Waals surface area contributed by atoms with Gasteiger partial charge in [-0.3, -0.25) is 9.59 Å². The van der Waals surface area contributed by atoms with Gasteiger partial charge in [-0.25, -0.2) is 4.68 Å². The highest BCUT2D eigenvalue weighted by atomic mass is 16.5. The molecule has 25 heavy (non-hydrogen) atoms. The molecule has 2 N–H and O–H groups in total. The Bertz CT molecular complexity index is 791. The number of aryl methyl sites for hydroxylation is 1. The third-order valence-corrected chi connectivity index (χ3v) is 4.62. The molecule has 0 saturated heterocycles. The van der Waals surface area contributed by atoms with Gasteiger partial charge in [-0.15, -0.1) is 0 Å². The molecule has 1 aliphatic carbocycles. The van der Waals surface area contributed by atoms with Crippen molar-refractivity contribution in [2.45, 2.75) is 38.1 Å². The van der Waals surface area contributed by atoms with Crippen molar-refractivity contribution in [1.82, 2.24) is 15.1 Å². The number of hydrogen-bond acceptors (Lipinski definition) is 4. The average molecular weight is 343 g/mol. The van der Waals surface area contributed by atoms with Crippen LogP contribution in [0.3, 0.4) is 0 Å². The molecule has 1 aromatic heterocycles. The number of carbonyl (C=O) groups is 2.